The average molecular weight is 552 g/mol. The van der Waals surface area contributed by atoms with E-state index >= 15 is 0 Å². The van der Waals surface area contributed by atoms with Gasteiger partial charge in [-0.1, -0.05) is 6.07 Å². The molecule has 0 aliphatic carbocycles. The van der Waals surface area contributed by atoms with Gasteiger partial charge < -0.3 is 25.7 Å². The van der Waals surface area contributed by atoms with Crippen LogP contribution in [-0.4, -0.2) is 67.9 Å². The Labute approximate surface area is 216 Å². The minimum Gasteiger partial charge on any atom is -0.382 e. The minimum atomic E-state index is -5.00. The van der Waals surface area contributed by atoms with Crippen molar-refractivity contribution in [2.75, 3.05) is 25.9 Å². The van der Waals surface area contributed by atoms with Crippen molar-refractivity contribution in [3.8, 4) is 0 Å². The van der Waals surface area contributed by atoms with Crippen molar-refractivity contribution < 1.29 is 32.9 Å². The molecule has 1 amide bonds. The van der Waals surface area contributed by atoms with Crippen molar-refractivity contribution >= 4 is 50.1 Å². The monoisotopic (exact) mass is 551 g/mol. The Hall–Kier alpha value is -3.50. The number of likely N-dealkylation sites (N-methyl/N-ethyl adjacent to an activating group) is 1. The first-order valence-electron chi connectivity index (χ1n) is 11.3. The Morgan fingerprint density at radius 2 is 1.97 bits per heavy atom. The molecule has 11 nitrogen and oxygen atoms in total. The highest BCUT2D eigenvalue weighted by Gasteiger charge is 2.54. The number of aromatic nitrogens is 4. The van der Waals surface area contributed by atoms with Gasteiger partial charge in [-0.15, -0.1) is 0 Å². The summed E-state index contributed by atoms with van der Waals surface area (Å²) in [4.78, 5) is 37.3. The third-order valence-corrected chi connectivity index (χ3v) is 7.67. The molecule has 1 aromatic carbocycles. The van der Waals surface area contributed by atoms with Gasteiger partial charge >= 0.3 is 12.1 Å². The second-order valence-corrected chi connectivity index (χ2v) is 10.1. The number of nitrogens with zero attached hydrogens (tertiary/aromatic N) is 4. The molecule has 0 radical (unpaired) electrons. The topological polar surface area (TPSA) is 164 Å². The summed E-state index contributed by atoms with van der Waals surface area (Å²) < 4.78 is 49.7. The van der Waals surface area contributed by atoms with Crippen LogP contribution in [0.15, 0.2) is 35.1 Å². The molecule has 4 atom stereocenters. The normalized spacial score (nSPS) is 23.0. The lowest BCUT2D eigenvalue weighted by Gasteiger charge is -2.38. The van der Waals surface area contributed by atoms with E-state index in [0.29, 0.717) is 17.0 Å². The lowest BCUT2D eigenvalue weighted by atomic mass is 10.0. The van der Waals surface area contributed by atoms with Gasteiger partial charge in [0.25, 0.3) is 5.56 Å². The Morgan fingerprint density at radius 1 is 1.24 bits per heavy atom. The van der Waals surface area contributed by atoms with Crippen molar-refractivity contribution in [1.29, 1.82) is 0 Å². The molecule has 3 aromatic heterocycles. The maximum atomic E-state index is 13.6. The van der Waals surface area contributed by atoms with Crippen LogP contribution in [0.25, 0.3) is 21.0 Å². The fourth-order valence-electron chi connectivity index (χ4n) is 4.34. The average Bonchev–Trinajstić information content (AvgIpc) is 3.25. The molecule has 15 heteroatoms. The molecule has 38 heavy (non-hydrogen) atoms. The largest absolute Gasteiger partial charge is 0.422 e. The first-order chi connectivity index (χ1) is 17.8. The van der Waals surface area contributed by atoms with E-state index in [1.807, 2.05) is 0 Å². The van der Waals surface area contributed by atoms with Crippen LogP contribution in [0.4, 0.5) is 24.8 Å². The number of aromatic amines is 1. The number of pyridine rings is 1. The number of aliphatic hydroxyl groups excluding tert-OH is 1. The lowest BCUT2D eigenvalue weighted by Crippen LogP contribution is -2.63. The highest BCUT2D eigenvalue weighted by atomic mass is 32.1. The smallest absolute Gasteiger partial charge is 0.382 e. The number of halogens is 3. The van der Waals surface area contributed by atoms with Crippen LogP contribution in [0, 0.1) is 0 Å². The molecular weight excluding hydrogens is 529 g/mol. The molecule has 4 unspecified atom stereocenters. The quantitative estimate of drug-likeness (QED) is 0.277. The Bertz CT molecular complexity index is 1640. The maximum Gasteiger partial charge on any atom is 0.422 e. The van der Waals surface area contributed by atoms with E-state index in [-0.39, 0.29) is 41.5 Å². The molecule has 0 spiro atoms. The number of morpholine rings is 1. The van der Waals surface area contributed by atoms with Crippen LogP contribution in [0.1, 0.15) is 24.5 Å². The van der Waals surface area contributed by atoms with Crippen molar-refractivity contribution in [3.05, 3.63) is 52.2 Å². The number of quaternary nitrogens is 1. The van der Waals surface area contributed by atoms with E-state index in [1.165, 1.54) is 19.2 Å². The van der Waals surface area contributed by atoms with Gasteiger partial charge in [0, 0.05) is 11.5 Å². The van der Waals surface area contributed by atoms with E-state index in [2.05, 4.69) is 19.3 Å². The zero-order valence-electron chi connectivity index (χ0n) is 20.0. The number of H-pyrrole nitrogens is 1. The number of hydrogen-bond acceptors (Lipinski definition) is 10. The second-order valence-electron chi connectivity index (χ2n) is 9.30. The molecule has 1 saturated heterocycles. The first-order valence-corrected chi connectivity index (χ1v) is 12.1. The van der Waals surface area contributed by atoms with E-state index in [4.69, 9.17) is 10.5 Å². The number of aliphatic hydroxyl groups is 2. The predicted octanol–water partition coefficient (Wildman–Crippen LogP) is 1.88. The lowest BCUT2D eigenvalue weighted by molar-refractivity contribution is -0.260. The molecule has 1 fully saturated rings. The number of ether oxygens (including phenoxy) is 1. The molecule has 5 N–H and O–H groups in total. The molecule has 5 rings (SSSR count). The summed E-state index contributed by atoms with van der Waals surface area (Å²) in [5.74, 6) is -0.771. The van der Waals surface area contributed by atoms with Gasteiger partial charge in [0.2, 0.25) is 11.9 Å². The van der Waals surface area contributed by atoms with Crippen LogP contribution in [-0.2, 0) is 15.1 Å². The standard InChI is InChI=1S/C23H21F3N6O5S/c1-22(36,23(24,25)26)12-4-3-5-13(29-12)32(2)8-9-37-16(21(32)35)15(33)19-28-11-7-6-10-17(38-31-18(10)27)14(11)20(34)30-19/h3-7,15-16,33,36H,8-9H2,1-2H3,(H2-,27,28,30,31,34)/p+1. The van der Waals surface area contributed by atoms with Gasteiger partial charge in [0.1, 0.15) is 18.2 Å². The van der Waals surface area contributed by atoms with E-state index < -0.39 is 45.6 Å². The molecule has 0 saturated carbocycles. The second kappa shape index (κ2) is 8.78. The van der Waals surface area contributed by atoms with Crippen LogP contribution in [0.5, 0.6) is 0 Å². The summed E-state index contributed by atoms with van der Waals surface area (Å²) in [6, 6.07) is 6.80. The zero-order valence-corrected chi connectivity index (χ0v) is 20.8. The Balaban J connectivity index is 1.51. The summed E-state index contributed by atoms with van der Waals surface area (Å²) in [5.41, 5.74) is 1.55. The van der Waals surface area contributed by atoms with Gasteiger partial charge in [0.15, 0.2) is 11.7 Å². The van der Waals surface area contributed by atoms with Gasteiger partial charge in [-0.25, -0.2) is 14.3 Å². The number of nitrogens with one attached hydrogen (secondary N) is 1. The molecule has 200 valence electrons. The highest BCUT2D eigenvalue weighted by molar-refractivity contribution is 7.14. The summed E-state index contributed by atoms with van der Waals surface area (Å²) in [7, 11) is 1.42. The number of carbonyl (C=O) groups excluding carboxylic acids is 1. The molecular formula is C23H22F3N6O5S+. The number of amides is 1. The molecule has 4 heterocycles. The summed E-state index contributed by atoms with van der Waals surface area (Å²) in [6.45, 7) is 0.506. The third-order valence-electron chi connectivity index (χ3n) is 6.78. The van der Waals surface area contributed by atoms with Crippen LogP contribution < -0.4 is 15.8 Å². The third kappa shape index (κ3) is 3.94. The number of alkyl halides is 3. The van der Waals surface area contributed by atoms with Crippen LogP contribution in [0.3, 0.4) is 0 Å². The number of nitrogens with two attached hydrogens (primary N) is 1. The van der Waals surface area contributed by atoms with Gasteiger partial charge in [-0.2, -0.15) is 22.5 Å². The fraction of sp³-hybridized carbons (Fsp3) is 0.348. The van der Waals surface area contributed by atoms with Gasteiger partial charge in [0.05, 0.1) is 35.0 Å². The minimum absolute atomic E-state index is 0.000875. The number of benzene rings is 1. The summed E-state index contributed by atoms with van der Waals surface area (Å²) >= 11 is 1.03. The Kier molecular flexibility index (Phi) is 6.03. The predicted molar refractivity (Wildman–Crippen MR) is 132 cm³/mol. The zero-order chi connectivity index (χ0) is 27.6. The molecule has 1 aliphatic heterocycles. The summed E-state index contributed by atoms with van der Waals surface area (Å²) in [5, 5.41) is 21.9. The van der Waals surface area contributed by atoms with Crippen molar-refractivity contribution in [3.63, 3.8) is 0 Å². The maximum absolute atomic E-state index is 13.6. The number of anilines is 1. The number of fused-ring (bicyclic) bond motifs is 3. The van der Waals surface area contributed by atoms with Crippen molar-refractivity contribution in [2.24, 2.45) is 0 Å². The number of rotatable bonds is 4. The number of carbonyl (C=O) groups is 1. The molecule has 4 aromatic rings. The summed E-state index contributed by atoms with van der Waals surface area (Å²) in [6.07, 6.45) is -8.23. The molecule has 0 bridgehead atoms. The van der Waals surface area contributed by atoms with Crippen molar-refractivity contribution in [2.45, 2.75) is 30.9 Å². The van der Waals surface area contributed by atoms with Crippen molar-refractivity contribution in [1.82, 2.24) is 23.8 Å². The number of hydrogen-bond donors (Lipinski definition) is 4. The van der Waals surface area contributed by atoms with E-state index in [0.717, 1.165) is 17.6 Å². The van der Waals surface area contributed by atoms with Gasteiger partial charge in [-0.3, -0.25) is 4.79 Å². The Morgan fingerprint density at radius 3 is 2.68 bits per heavy atom. The van der Waals surface area contributed by atoms with Crippen LogP contribution >= 0.6 is 11.5 Å². The SMILES string of the molecule is CC(O)(c1cccc([N+]2(C)CCOC(C(O)c3nc4ccc5c(N)nsc5c4c(=O)[nH]3)C2=O)n1)C(F)(F)F. The van der Waals surface area contributed by atoms with E-state index in [1.54, 1.807) is 12.1 Å². The van der Waals surface area contributed by atoms with Gasteiger partial charge in [-0.05, 0) is 36.7 Å². The highest BCUT2D eigenvalue weighted by Crippen LogP contribution is 2.39. The fourth-order valence-corrected chi connectivity index (χ4v) is 5.19. The first kappa shape index (κ1) is 26.1. The number of nitrogen functional groups attached to an aromatic ring is 1. The molecule has 1 aliphatic rings. The van der Waals surface area contributed by atoms with E-state index in [9.17, 15) is 33.0 Å². The van der Waals surface area contributed by atoms with Crippen LogP contribution in [0.2, 0.25) is 0 Å².